The van der Waals surface area contributed by atoms with Gasteiger partial charge < -0.3 is 5.32 Å². The molecule has 0 radical (unpaired) electrons. The number of nitrogens with zero attached hydrogens (tertiary/aromatic N) is 1. The Morgan fingerprint density at radius 1 is 1.25 bits per heavy atom. The number of hydrogen-bond donors (Lipinski definition) is 1. The number of hydrogen-bond acceptors (Lipinski definition) is 3. The predicted molar refractivity (Wildman–Crippen MR) is 84.0 cm³/mol. The van der Waals surface area contributed by atoms with Crippen LogP contribution in [0.5, 0.6) is 0 Å². The summed E-state index contributed by atoms with van der Waals surface area (Å²) in [6, 6.07) is 7.46. The van der Waals surface area contributed by atoms with Crippen molar-refractivity contribution in [2.75, 3.05) is 19.6 Å². The van der Waals surface area contributed by atoms with Crippen LogP contribution in [0.4, 0.5) is 0 Å². The fourth-order valence-corrected chi connectivity index (χ4v) is 3.82. The van der Waals surface area contributed by atoms with E-state index in [1.165, 1.54) is 0 Å². The Bertz CT molecular complexity index is 529. The van der Waals surface area contributed by atoms with Crippen LogP contribution >= 0.6 is 12.4 Å². The summed E-state index contributed by atoms with van der Waals surface area (Å²) in [5, 5.41) is 3.25. The molecule has 1 aromatic carbocycles. The molecule has 1 N–H and O–H groups in total. The highest BCUT2D eigenvalue weighted by atomic mass is 35.5. The van der Waals surface area contributed by atoms with E-state index in [0.717, 1.165) is 5.56 Å². The zero-order chi connectivity index (χ0) is 14.0. The van der Waals surface area contributed by atoms with Crippen LogP contribution in [0.3, 0.4) is 0 Å². The Balaban J connectivity index is 0.00000200. The molecule has 1 heterocycles. The lowest BCUT2D eigenvalue weighted by molar-refractivity contribution is 0.310. The van der Waals surface area contributed by atoms with E-state index in [9.17, 15) is 8.42 Å². The van der Waals surface area contributed by atoms with Crippen LogP contribution in [0, 0.1) is 0 Å². The molecule has 0 aromatic heterocycles. The molecule has 1 aliphatic rings. The lowest BCUT2D eigenvalue weighted by Gasteiger charge is -2.31. The van der Waals surface area contributed by atoms with Gasteiger partial charge in [0.15, 0.2) is 0 Å². The molecule has 1 aromatic rings. The van der Waals surface area contributed by atoms with Gasteiger partial charge in [0, 0.05) is 25.7 Å². The molecular formula is C14H23ClN2O2S. The maximum atomic E-state index is 12.5. The first-order valence-corrected chi connectivity index (χ1v) is 8.19. The summed E-state index contributed by atoms with van der Waals surface area (Å²) >= 11 is 0. The topological polar surface area (TPSA) is 49.4 Å². The van der Waals surface area contributed by atoms with E-state index in [2.05, 4.69) is 19.2 Å². The molecule has 1 fully saturated rings. The maximum absolute atomic E-state index is 12.5. The van der Waals surface area contributed by atoms with E-state index in [-0.39, 0.29) is 18.4 Å². The van der Waals surface area contributed by atoms with Gasteiger partial charge in [-0.25, -0.2) is 8.42 Å². The molecule has 0 saturated carbocycles. The summed E-state index contributed by atoms with van der Waals surface area (Å²) in [6.45, 7) is 7.99. The number of piperazine rings is 1. The Morgan fingerprint density at radius 3 is 2.35 bits per heavy atom. The molecule has 1 atom stereocenters. The second-order valence-electron chi connectivity index (χ2n) is 5.44. The van der Waals surface area contributed by atoms with E-state index in [1.54, 1.807) is 16.4 Å². The molecule has 0 spiro atoms. The van der Waals surface area contributed by atoms with E-state index in [4.69, 9.17) is 0 Å². The minimum absolute atomic E-state index is 0. The molecule has 6 heteroatoms. The van der Waals surface area contributed by atoms with Gasteiger partial charge in [0.25, 0.3) is 0 Å². The number of nitrogens with one attached hydrogen (secondary N) is 1. The van der Waals surface area contributed by atoms with Crippen LogP contribution in [0.15, 0.2) is 29.2 Å². The van der Waals surface area contributed by atoms with Gasteiger partial charge in [0.05, 0.1) is 4.90 Å². The highest BCUT2D eigenvalue weighted by molar-refractivity contribution is 7.89. The van der Waals surface area contributed by atoms with E-state index >= 15 is 0 Å². The molecule has 0 amide bonds. The highest BCUT2D eigenvalue weighted by Gasteiger charge is 2.28. The summed E-state index contributed by atoms with van der Waals surface area (Å²) in [7, 11) is -3.34. The van der Waals surface area contributed by atoms with Gasteiger partial charge in [-0.2, -0.15) is 4.31 Å². The molecule has 114 valence electrons. The van der Waals surface area contributed by atoms with Crippen LogP contribution in [0.1, 0.15) is 32.3 Å². The average molecular weight is 319 g/mol. The minimum atomic E-state index is -3.34. The maximum Gasteiger partial charge on any atom is 0.243 e. The normalized spacial score (nSPS) is 20.7. The number of benzene rings is 1. The van der Waals surface area contributed by atoms with Gasteiger partial charge in [-0.1, -0.05) is 26.0 Å². The molecule has 0 aliphatic carbocycles. The van der Waals surface area contributed by atoms with Gasteiger partial charge in [-0.3, -0.25) is 0 Å². The Morgan fingerprint density at radius 2 is 1.85 bits per heavy atom. The van der Waals surface area contributed by atoms with E-state index in [0.29, 0.717) is 30.4 Å². The summed E-state index contributed by atoms with van der Waals surface area (Å²) in [6.07, 6.45) is 0. The first-order valence-electron chi connectivity index (χ1n) is 6.75. The Labute approximate surface area is 128 Å². The molecule has 0 unspecified atom stereocenters. The molecule has 2 rings (SSSR count). The first-order chi connectivity index (χ1) is 8.91. The fourth-order valence-electron chi connectivity index (χ4n) is 2.29. The van der Waals surface area contributed by atoms with Crippen molar-refractivity contribution in [3.8, 4) is 0 Å². The van der Waals surface area contributed by atoms with Crippen molar-refractivity contribution in [3.63, 3.8) is 0 Å². The zero-order valence-electron chi connectivity index (χ0n) is 12.2. The average Bonchev–Trinajstić information content (AvgIpc) is 2.39. The summed E-state index contributed by atoms with van der Waals surface area (Å²) < 4.78 is 26.6. The molecular weight excluding hydrogens is 296 g/mol. The van der Waals surface area contributed by atoms with Crippen LogP contribution in [0.2, 0.25) is 0 Å². The number of rotatable bonds is 3. The smallest absolute Gasteiger partial charge is 0.243 e. The van der Waals surface area contributed by atoms with E-state index < -0.39 is 10.0 Å². The van der Waals surface area contributed by atoms with Crippen LogP contribution in [0.25, 0.3) is 0 Å². The summed E-state index contributed by atoms with van der Waals surface area (Å²) in [5.41, 5.74) is 1.16. The third kappa shape index (κ3) is 3.73. The number of halogens is 1. The van der Waals surface area contributed by atoms with Crippen LogP contribution in [-0.4, -0.2) is 38.4 Å². The third-order valence-electron chi connectivity index (χ3n) is 3.52. The molecule has 1 saturated heterocycles. The monoisotopic (exact) mass is 318 g/mol. The van der Waals surface area contributed by atoms with Gasteiger partial charge in [0.1, 0.15) is 0 Å². The van der Waals surface area contributed by atoms with E-state index in [1.807, 2.05) is 19.1 Å². The minimum Gasteiger partial charge on any atom is -0.312 e. The molecule has 0 bridgehead atoms. The van der Waals surface area contributed by atoms with Crippen molar-refractivity contribution in [2.45, 2.75) is 37.6 Å². The standard InChI is InChI=1S/C14H22N2O2S.ClH/c1-11(2)13-4-6-14(7-5-13)19(17,18)16-9-8-15-12(3)10-16;/h4-7,11-12,15H,8-10H2,1-3H3;1H/t12-;/m1./s1. The zero-order valence-corrected chi connectivity index (χ0v) is 13.8. The Kier molecular flexibility index (Phi) is 6.01. The Hall–Kier alpha value is -0.620. The van der Waals surface area contributed by atoms with Gasteiger partial charge >= 0.3 is 0 Å². The fraction of sp³-hybridized carbons (Fsp3) is 0.571. The van der Waals surface area contributed by atoms with Gasteiger partial charge in [-0.05, 0) is 30.5 Å². The van der Waals surface area contributed by atoms with Crippen LogP contribution in [-0.2, 0) is 10.0 Å². The van der Waals surface area contributed by atoms with Gasteiger partial charge in [-0.15, -0.1) is 12.4 Å². The SMILES string of the molecule is CC(C)c1ccc(S(=O)(=O)N2CCN[C@H](C)C2)cc1.Cl. The van der Waals surface area contributed by atoms with Crippen LogP contribution < -0.4 is 5.32 Å². The highest BCUT2D eigenvalue weighted by Crippen LogP contribution is 2.20. The molecule has 4 nitrogen and oxygen atoms in total. The first kappa shape index (κ1) is 17.4. The lowest BCUT2D eigenvalue weighted by atomic mass is 10.0. The van der Waals surface area contributed by atoms with Crippen molar-refractivity contribution in [1.29, 1.82) is 0 Å². The predicted octanol–water partition coefficient (Wildman–Crippen LogP) is 2.21. The lowest BCUT2D eigenvalue weighted by Crippen LogP contribution is -2.51. The molecule has 1 aliphatic heterocycles. The summed E-state index contributed by atoms with van der Waals surface area (Å²) in [5.74, 6) is 0.413. The largest absolute Gasteiger partial charge is 0.312 e. The quantitative estimate of drug-likeness (QED) is 0.929. The van der Waals surface area contributed by atoms with Crippen molar-refractivity contribution in [3.05, 3.63) is 29.8 Å². The van der Waals surface area contributed by atoms with Crippen molar-refractivity contribution < 1.29 is 8.42 Å². The second kappa shape index (κ2) is 6.89. The molecule has 20 heavy (non-hydrogen) atoms. The van der Waals surface area contributed by atoms with Gasteiger partial charge in [0.2, 0.25) is 10.0 Å². The third-order valence-corrected chi connectivity index (χ3v) is 5.40. The van der Waals surface area contributed by atoms with Crippen molar-refractivity contribution >= 4 is 22.4 Å². The second-order valence-corrected chi connectivity index (χ2v) is 7.38. The number of sulfonamides is 1. The van der Waals surface area contributed by atoms with Crippen molar-refractivity contribution in [1.82, 2.24) is 9.62 Å². The summed E-state index contributed by atoms with van der Waals surface area (Å²) in [4.78, 5) is 0.394. The van der Waals surface area contributed by atoms with Crippen molar-refractivity contribution in [2.24, 2.45) is 0 Å².